The number of nitrogens with one attached hydrogen (secondary N) is 1. The molecule has 0 bridgehead atoms. The SMILES string of the molecule is CCOc1ccc(-n2c(C(C)N(C)C(=O)Nc3cccc(Cl)c3)nc3ccccc3c2=O)cc1. The first-order chi connectivity index (χ1) is 16.4. The summed E-state index contributed by atoms with van der Waals surface area (Å²) in [4.78, 5) is 32.8. The molecule has 1 N–H and O–H groups in total. The molecule has 3 aromatic carbocycles. The Morgan fingerprint density at radius 2 is 1.85 bits per heavy atom. The Hall–Kier alpha value is -3.84. The number of amides is 2. The number of carbonyl (C=O) groups is 1. The van der Waals surface area contributed by atoms with Gasteiger partial charge in [-0.3, -0.25) is 9.36 Å². The van der Waals surface area contributed by atoms with Gasteiger partial charge in [-0.1, -0.05) is 29.8 Å². The molecule has 0 spiro atoms. The van der Waals surface area contributed by atoms with E-state index >= 15 is 0 Å². The molecule has 34 heavy (non-hydrogen) atoms. The number of halogens is 1. The van der Waals surface area contributed by atoms with Gasteiger partial charge in [-0.05, 0) is 68.4 Å². The molecule has 0 fully saturated rings. The summed E-state index contributed by atoms with van der Waals surface area (Å²) in [5.74, 6) is 1.15. The monoisotopic (exact) mass is 476 g/mol. The molecule has 2 amide bonds. The lowest BCUT2D eigenvalue weighted by molar-refractivity contribution is 0.205. The Labute approximate surface area is 202 Å². The van der Waals surface area contributed by atoms with Crippen LogP contribution in [-0.2, 0) is 0 Å². The van der Waals surface area contributed by atoms with Gasteiger partial charge in [0.15, 0.2) is 0 Å². The van der Waals surface area contributed by atoms with E-state index in [0.717, 1.165) is 0 Å². The Kier molecular flexibility index (Phi) is 6.84. The van der Waals surface area contributed by atoms with Crippen molar-refractivity contribution in [2.24, 2.45) is 0 Å². The molecule has 0 saturated carbocycles. The van der Waals surface area contributed by atoms with Crippen molar-refractivity contribution in [1.29, 1.82) is 0 Å². The molecule has 0 aliphatic heterocycles. The quantitative estimate of drug-likeness (QED) is 0.389. The number of ether oxygens (including phenoxy) is 1. The van der Waals surface area contributed by atoms with Gasteiger partial charge in [-0.2, -0.15) is 0 Å². The fourth-order valence-corrected chi connectivity index (χ4v) is 3.86. The highest BCUT2D eigenvalue weighted by Gasteiger charge is 2.24. The summed E-state index contributed by atoms with van der Waals surface area (Å²) in [6.45, 7) is 4.29. The summed E-state index contributed by atoms with van der Waals surface area (Å²) in [6, 6.07) is 20.5. The average Bonchev–Trinajstić information content (AvgIpc) is 2.84. The second kappa shape index (κ2) is 9.97. The molecular formula is C26H25ClN4O3. The smallest absolute Gasteiger partial charge is 0.322 e. The van der Waals surface area contributed by atoms with Crippen LogP contribution in [0.5, 0.6) is 5.75 Å². The van der Waals surface area contributed by atoms with Crippen molar-refractivity contribution >= 4 is 34.2 Å². The topological polar surface area (TPSA) is 76.5 Å². The molecule has 1 heterocycles. The normalized spacial score (nSPS) is 11.8. The van der Waals surface area contributed by atoms with Crippen LogP contribution in [0.4, 0.5) is 10.5 Å². The highest BCUT2D eigenvalue weighted by molar-refractivity contribution is 6.30. The molecule has 1 atom stereocenters. The maximum Gasteiger partial charge on any atom is 0.322 e. The third-order valence-electron chi connectivity index (χ3n) is 5.56. The van der Waals surface area contributed by atoms with E-state index in [2.05, 4.69) is 5.32 Å². The zero-order valence-electron chi connectivity index (χ0n) is 19.2. The third kappa shape index (κ3) is 4.75. The molecule has 7 nitrogen and oxygen atoms in total. The second-order valence-electron chi connectivity index (χ2n) is 7.78. The first-order valence-corrected chi connectivity index (χ1v) is 11.3. The lowest BCUT2D eigenvalue weighted by Gasteiger charge is -2.27. The van der Waals surface area contributed by atoms with E-state index < -0.39 is 6.04 Å². The molecule has 0 saturated heterocycles. The average molecular weight is 477 g/mol. The van der Waals surface area contributed by atoms with Crippen molar-refractivity contribution in [3.05, 3.63) is 94.0 Å². The van der Waals surface area contributed by atoms with Crippen LogP contribution in [0.15, 0.2) is 77.6 Å². The van der Waals surface area contributed by atoms with Gasteiger partial charge >= 0.3 is 6.03 Å². The minimum absolute atomic E-state index is 0.208. The fourth-order valence-electron chi connectivity index (χ4n) is 3.66. The van der Waals surface area contributed by atoms with Gasteiger partial charge in [0.25, 0.3) is 5.56 Å². The van der Waals surface area contributed by atoms with E-state index in [1.165, 1.54) is 4.90 Å². The van der Waals surface area contributed by atoms with Crippen molar-refractivity contribution in [1.82, 2.24) is 14.5 Å². The first-order valence-electron chi connectivity index (χ1n) is 10.9. The van der Waals surface area contributed by atoms with Gasteiger partial charge in [-0.15, -0.1) is 0 Å². The zero-order valence-corrected chi connectivity index (χ0v) is 19.9. The van der Waals surface area contributed by atoms with Crippen LogP contribution < -0.4 is 15.6 Å². The summed E-state index contributed by atoms with van der Waals surface area (Å²) in [7, 11) is 1.66. The van der Waals surface area contributed by atoms with Crippen LogP contribution in [0.3, 0.4) is 0 Å². The van der Waals surface area contributed by atoms with Gasteiger partial charge in [0, 0.05) is 17.8 Å². The van der Waals surface area contributed by atoms with Crippen LogP contribution >= 0.6 is 11.6 Å². The number of hydrogen-bond donors (Lipinski definition) is 1. The minimum atomic E-state index is -0.525. The summed E-state index contributed by atoms with van der Waals surface area (Å²) in [5, 5.41) is 3.86. The number of urea groups is 1. The number of para-hydroxylation sites is 1. The van der Waals surface area contributed by atoms with Crippen LogP contribution in [0.1, 0.15) is 25.7 Å². The predicted octanol–water partition coefficient (Wildman–Crippen LogP) is 5.66. The first kappa shape index (κ1) is 23.3. The Morgan fingerprint density at radius 3 is 2.56 bits per heavy atom. The van der Waals surface area contributed by atoms with Crippen LogP contribution in [0.2, 0.25) is 5.02 Å². The Balaban J connectivity index is 1.76. The molecule has 4 rings (SSSR count). The summed E-state index contributed by atoms with van der Waals surface area (Å²) < 4.78 is 7.08. The Morgan fingerprint density at radius 1 is 1.12 bits per heavy atom. The molecule has 0 aliphatic rings. The Bertz CT molecular complexity index is 1390. The van der Waals surface area contributed by atoms with E-state index in [1.54, 1.807) is 48.0 Å². The number of anilines is 1. The molecule has 1 unspecified atom stereocenters. The predicted molar refractivity (Wildman–Crippen MR) is 135 cm³/mol. The van der Waals surface area contributed by atoms with Gasteiger partial charge in [0.1, 0.15) is 11.6 Å². The molecule has 1 aromatic heterocycles. The maximum absolute atomic E-state index is 13.5. The van der Waals surface area contributed by atoms with Crippen LogP contribution in [0.25, 0.3) is 16.6 Å². The van der Waals surface area contributed by atoms with Crippen molar-refractivity contribution < 1.29 is 9.53 Å². The number of aromatic nitrogens is 2. The highest BCUT2D eigenvalue weighted by Crippen LogP contribution is 2.24. The number of fused-ring (bicyclic) bond motifs is 1. The number of hydrogen-bond acceptors (Lipinski definition) is 4. The van der Waals surface area contributed by atoms with Gasteiger partial charge in [0.2, 0.25) is 0 Å². The summed E-state index contributed by atoms with van der Waals surface area (Å²) in [5.41, 5.74) is 1.57. The molecular weight excluding hydrogens is 452 g/mol. The largest absolute Gasteiger partial charge is 0.494 e. The molecule has 174 valence electrons. The number of nitrogens with zero attached hydrogens (tertiary/aromatic N) is 3. The van der Waals surface area contributed by atoms with Gasteiger partial charge in [0.05, 0.1) is 29.2 Å². The van der Waals surface area contributed by atoms with E-state index in [0.29, 0.717) is 45.5 Å². The van der Waals surface area contributed by atoms with Gasteiger partial charge in [-0.25, -0.2) is 9.78 Å². The third-order valence-corrected chi connectivity index (χ3v) is 5.79. The van der Waals surface area contributed by atoms with Crippen molar-refractivity contribution in [3.8, 4) is 11.4 Å². The highest BCUT2D eigenvalue weighted by atomic mass is 35.5. The molecule has 8 heteroatoms. The zero-order chi connectivity index (χ0) is 24.2. The van der Waals surface area contributed by atoms with E-state index in [4.69, 9.17) is 21.3 Å². The van der Waals surface area contributed by atoms with E-state index in [9.17, 15) is 9.59 Å². The fraction of sp³-hybridized carbons (Fsp3) is 0.192. The van der Waals surface area contributed by atoms with Crippen molar-refractivity contribution in [2.75, 3.05) is 19.0 Å². The molecule has 0 aliphatic carbocycles. The van der Waals surface area contributed by atoms with E-state index in [-0.39, 0.29) is 11.6 Å². The van der Waals surface area contributed by atoms with Gasteiger partial charge < -0.3 is 15.0 Å². The van der Waals surface area contributed by atoms with E-state index in [1.807, 2.05) is 50.2 Å². The standard InChI is InChI=1S/C26H25ClN4O3/c1-4-34-21-14-12-20(13-15-21)31-24(29-23-11-6-5-10-22(23)25(31)32)17(2)30(3)26(33)28-19-9-7-8-18(27)16-19/h5-17H,4H2,1-3H3,(H,28,33). The number of rotatable bonds is 6. The number of benzene rings is 3. The summed E-state index contributed by atoms with van der Waals surface area (Å²) >= 11 is 6.04. The number of carbonyl (C=O) groups excluding carboxylic acids is 1. The van der Waals surface area contributed by atoms with Crippen LogP contribution in [-0.4, -0.2) is 34.1 Å². The minimum Gasteiger partial charge on any atom is -0.494 e. The molecule has 0 radical (unpaired) electrons. The van der Waals surface area contributed by atoms with Crippen molar-refractivity contribution in [2.45, 2.75) is 19.9 Å². The summed E-state index contributed by atoms with van der Waals surface area (Å²) in [6.07, 6.45) is 0. The lowest BCUT2D eigenvalue weighted by atomic mass is 10.2. The maximum atomic E-state index is 13.5. The molecule has 4 aromatic rings. The lowest BCUT2D eigenvalue weighted by Crippen LogP contribution is -2.37. The second-order valence-corrected chi connectivity index (χ2v) is 8.22. The van der Waals surface area contributed by atoms with Crippen LogP contribution in [0, 0.1) is 0 Å². The van der Waals surface area contributed by atoms with Crippen molar-refractivity contribution in [3.63, 3.8) is 0 Å².